The molecule has 6 heteroatoms. The number of likely N-dealkylation sites (tertiary alicyclic amines) is 2. The Hall–Kier alpha value is -2.83. The summed E-state index contributed by atoms with van der Waals surface area (Å²) in [6.07, 6.45) is 10.4. The summed E-state index contributed by atoms with van der Waals surface area (Å²) in [6, 6.07) is 12.6. The summed E-state index contributed by atoms with van der Waals surface area (Å²) >= 11 is 0. The molecule has 0 unspecified atom stereocenters. The summed E-state index contributed by atoms with van der Waals surface area (Å²) in [6.45, 7) is 8.25. The molecule has 0 aromatic heterocycles. The molecule has 0 bridgehead atoms. The summed E-state index contributed by atoms with van der Waals surface area (Å²) in [5.41, 5.74) is 1.17. The van der Waals surface area contributed by atoms with Crippen molar-refractivity contribution < 1.29 is 19.4 Å². The van der Waals surface area contributed by atoms with E-state index in [4.69, 9.17) is 9.47 Å². The quantitative estimate of drug-likeness (QED) is 0.248. The summed E-state index contributed by atoms with van der Waals surface area (Å²) in [7, 11) is 0. The second-order valence-corrected chi connectivity index (χ2v) is 9.45. The van der Waals surface area contributed by atoms with Gasteiger partial charge in [0, 0.05) is 19.2 Å². The zero-order valence-corrected chi connectivity index (χ0v) is 20.7. The van der Waals surface area contributed by atoms with E-state index in [1.807, 2.05) is 24.3 Å². The van der Waals surface area contributed by atoms with E-state index in [1.54, 1.807) is 18.2 Å². The maximum Gasteiger partial charge on any atom is 0.189 e. The number of carbonyl (C=O) groups is 1. The van der Waals surface area contributed by atoms with Gasteiger partial charge in [-0.1, -0.05) is 18.2 Å². The Morgan fingerprint density at radius 2 is 1.34 bits per heavy atom. The van der Waals surface area contributed by atoms with Crippen molar-refractivity contribution >= 4 is 11.9 Å². The van der Waals surface area contributed by atoms with Crippen LogP contribution in [-0.2, 0) is 0 Å². The predicted molar refractivity (Wildman–Crippen MR) is 139 cm³/mol. The SMILES string of the molecule is O=C(/C=C/c1ccc(OCCCN2CCCC2)cc1)c1ccc(OCCCN2CCCC2)cc1O. The summed E-state index contributed by atoms with van der Waals surface area (Å²) in [4.78, 5) is 17.5. The minimum atomic E-state index is -0.245. The average Bonchev–Trinajstić information content (AvgIpc) is 3.58. The van der Waals surface area contributed by atoms with Crippen molar-refractivity contribution in [2.45, 2.75) is 38.5 Å². The van der Waals surface area contributed by atoms with E-state index in [2.05, 4.69) is 9.80 Å². The van der Waals surface area contributed by atoms with Crippen LogP contribution in [0.15, 0.2) is 48.5 Å². The normalized spacial score (nSPS) is 16.8. The Labute approximate surface area is 209 Å². The van der Waals surface area contributed by atoms with Crippen LogP contribution in [0.25, 0.3) is 6.08 Å². The van der Waals surface area contributed by atoms with Gasteiger partial charge in [-0.15, -0.1) is 0 Å². The van der Waals surface area contributed by atoms with Gasteiger partial charge in [0.05, 0.1) is 18.8 Å². The number of hydrogen-bond acceptors (Lipinski definition) is 6. The van der Waals surface area contributed by atoms with Crippen LogP contribution in [0.2, 0.25) is 0 Å². The summed E-state index contributed by atoms with van der Waals surface area (Å²) < 4.78 is 11.6. The van der Waals surface area contributed by atoms with Gasteiger partial charge in [0.15, 0.2) is 5.78 Å². The van der Waals surface area contributed by atoms with Crippen LogP contribution in [-0.4, -0.2) is 73.2 Å². The molecule has 0 aliphatic carbocycles. The van der Waals surface area contributed by atoms with Gasteiger partial charge in [-0.05, 0) is 101 Å². The molecule has 4 rings (SSSR count). The first-order valence-corrected chi connectivity index (χ1v) is 13.0. The first-order valence-electron chi connectivity index (χ1n) is 13.0. The van der Waals surface area contributed by atoms with Gasteiger partial charge >= 0.3 is 0 Å². The molecule has 2 aromatic rings. The van der Waals surface area contributed by atoms with Gasteiger partial charge < -0.3 is 24.4 Å². The molecular weight excluding hydrogens is 440 g/mol. The minimum absolute atomic E-state index is 0.0608. The number of phenols is 1. The highest BCUT2D eigenvalue weighted by Gasteiger charge is 2.12. The van der Waals surface area contributed by atoms with E-state index < -0.39 is 0 Å². The number of phenolic OH excluding ortho intramolecular Hbond substituents is 1. The number of carbonyl (C=O) groups excluding carboxylic acids is 1. The zero-order valence-electron chi connectivity index (χ0n) is 20.7. The molecule has 2 fully saturated rings. The second-order valence-electron chi connectivity index (χ2n) is 9.45. The molecular formula is C29H38N2O4. The van der Waals surface area contributed by atoms with Crippen LogP contribution in [0.5, 0.6) is 17.2 Å². The number of rotatable bonds is 13. The maximum atomic E-state index is 12.6. The van der Waals surface area contributed by atoms with Crippen LogP contribution >= 0.6 is 0 Å². The van der Waals surface area contributed by atoms with Gasteiger partial charge in [-0.25, -0.2) is 0 Å². The molecule has 2 heterocycles. The molecule has 2 aromatic carbocycles. The number of aromatic hydroxyl groups is 1. The number of hydrogen-bond donors (Lipinski definition) is 1. The zero-order chi connectivity index (χ0) is 24.3. The van der Waals surface area contributed by atoms with Crippen molar-refractivity contribution in [2.75, 3.05) is 52.5 Å². The lowest BCUT2D eigenvalue weighted by Crippen LogP contribution is -2.21. The first kappa shape index (κ1) is 25.3. The van der Waals surface area contributed by atoms with Crippen LogP contribution in [0.4, 0.5) is 0 Å². The van der Waals surface area contributed by atoms with Gasteiger partial charge in [0.1, 0.15) is 17.2 Å². The van der Waals surface area contributed by atoms with Crippen molar-refractivity contribution in [2.24, 2.45) is 0 Å². The Bertz CT molecular complexity index is 961. The molecule has 1 N–H and O–H groups in total. The third-order valence-corrected chi connectivity index (χ3v) is 6.71. The lowest BCUT2D eigenvalue weighted by molar-refractivity contribution is 0.104. The maximum absolute atomic E-state index is 12.6. The molecule has 0 radical (unpaired) electrons. The lowest BCUT2D eigenvalue weighted by Gasteiger charge is -2.14. The summed E-state index contributed by atoms with van der Waals surface area (Å²) in [5.74, 6) is 1.11. The average molecular weight is 479 g/mol. The lowest BCUT2D eigenvalue weighted by atomic mass is 10.1. The second kappa shape index (κ2) is 13.3. The Balaban J connectivity index is 1.19. The fourth-order valence-corrected chi connectivity index (χ4v) is 4.72. The van der Waals surface area contributed by atoms with Gasteiger partial charge in [0.2, 0.25) is 0 Å². The highest BCUT2D eigenvalue weighted by Crippen LogP contribution is 2.25. The molecule has 35 heavy (non-hydrogen) atoms. The highest BCUT2D eigenvalue weighted by atomic mass is 16.5. The molecule has 6 nitrogen and oxygen atoms in total. The molecule has 0 saturated carbocycles. The fraction of sp³-hybridized carbons (Fsp3) is 0.483. The molecule has 0 amide bonds. The van der Waals surface area contributed by atoms with Crippen LogP contribution in [0.3, 0.4) is 0 Å². The molecule has 2 aliphatic heterocycles. The third kappa shape index (κ3) is 8.11. The molecule has 2 saturated heterocycles. The number of ketones is 1. The van der Waals surface area contributed by atoms with Crippen molar-refractivity contribution in [3.8, 4) is 17.2 Å². The van der Waals surface area contributed by atoms with E-state index in [0.29, 0.717) is 19.0 Å². The Morgan fingerprint density at radius 3 is 1.91 bits per heavy atom. The molecule has 0 atom stereocenters. The van der Waals surface area contributed by atoms with E-state index in [1.165, 1.54) is 64.0 Å². The van der Waals surface area contributed by atoms with E-state index >= 15 is 0 Å². The van der Waals surface area contributed by atoms with Gasteiger partial charge in [0.25, 0.3) is 0 Å². The van der Waals surface area contributed by atoms with Gasteiger partial charge in [-0.3, -0.25) is 4.79 Å². The van der Waals surface area contributed by atoms with Crippen molar-refractivity contribution in [1.29, 1.82) is 0 Å². The highest BCUT2D eigenvalue weighted by molar-refractivity contribution is 6.08. The van der Waals surface area contributed by atoms with Crippen LogP contribution in [0, 0.1) is 0 Å². The van der Waals surface area contributed by atoms with Crippen molar-refractivity contribution in [3.05, 3.63) is 59.7 Å². The number of ether oxygens (including phenoxy) is 2. The van der Waals surface area contributed by atoms with Crippen molar-refractivity contribution in [1.82, 2.24) is 9.80 Å². The number of nitrogens with zero attached hydrogens (tertiary/aromatic N) is 2. The molecule has 2 aliphatic rings. The fourth-order valence-electron chi connectivity index (χ4n) is 4.72. The largest absolute Gasteiger partial charge is 0.507 e. The third-order valence-electron chi connectivity index (χ3n) is 6.71. The number of benzene rings is 2. The standard InChI is InChI=1S/C29H38N2O4/c32-28(27-13-12-26(23-29(27)33)35-22-6-20-31-17-3-4-18-31)14-9-24-7-10-25(11-8-24)34-21-5-19-30-15-1-2-16-30/h7-14,23,33H,1-6,15-22H2/b14-9+. The minimum Gasteiger partial charge on any atom is -0.507 e. The molecule has 188 valence electrons. The first-order chi connectivity index (χ1) is 17.2. The number of allylic oxidation sites excluding steroid dienone is 1. The topological polar surface area (TPSA) is 62.2 Å². The Kier molecular flexibility index (Phi) is 9.61. The smallest absolute Gasteiger partial charge is 0.189 e. The van der Waals surface area contributed by atoms with Crippen molar-refractivity contribution in [3.63, 3.8) is 0 Å². The van der Waals surface area contributed by atoms with E-state index in [0.717, 1.165) is 37.2 Å². The van der Waals surface area contributed by atoms with E-state index in [-0.39, 0.29) is 17.1 Å². The van der Waals surface area contributed by atoms with E-state index in [9.17, 15) is 9.90 Å². The van der Waals surface area contributed by atoms with Gasteiger partial charge in [-0.2, -0.15) is 0 Å². The molecule has 0 spiro atoms. The van der Waals surface area contributed by atoms with Crippen LogP contribution in [0.1, 0.15) is 54.4 Å². The van der Waals surface area contributed by atoms with Crippen LogP contribution < -0.4 is 9.47 Å². The Morgan fingerprint density at radius 1 is 0.800 bits per heavy atom. The predicted octanol–water partition coefficient (Wildman–Crippen LogP) is 5.02. The monoisotopic (exact) mass is 478 g/mol. The summed E-state index contributed by atoms with van der Waals surface area (Å²) in [5, 5.41) is 10.3.